The second-order valence-corrected chi connectivity index (χ2v) is 7.95. The van der Waals surface area contributed by atoms with Gasteiger partial charge in [0.2, 0.25) is 0 Å². The number of nitrogens with one attached hydrogen (secondary N) is 3. The first kappa shape index (κ1) is 19.2. The number of fused-ring (bicyclic) bond motifs is 1. The molecule has 12 heteroatoms. The minimum atomic E-state index is -4.67. The fourth-order valence-electron chi connectivity index (χ4n) is 2.28. The summed E-state index contributed by atoms with van der Waals surface area (Å²) in [5.74, 6) is 0. The highest BCUT2D eigenvalue weighted by Gasteiger charge is 2.33. The van der Waals surface area contributed by atoms with E-state index >= 15 is 0 Å². The van der Waals surface area contributed by atoms with Gasteiger partial charge in [0.15, 0.2) is 0 Å². The van der Waals surface area contributed by atoms with Crippen LogP contribution < -0.4 is 15.8 Å². The molecule has 2 aromatic carbocycles. The van der Waals surface area contributed by atoms with E-state index in [9.17, 15) is 31.2 Å². The first-order valence-corrected chi connectivity index (χ1v) is 9.41. The number of alkyl halides is 3. The summed E-state index contributed by atoms with van der Waals surface area (Å²) < 4.78 is 65.6. The number of benzene rings is 2. The molecule has 0 saturated carbocycles. The zero-order valence-electron chi connectivity index (χ0n) is 13.0. The molecule has 0 fully saturated rings. The second kappa shape index (κ2) is 6.53. The van der Waals surface area contributed by atoms with Crippen molar-refractivity contribution >= 4 is 42.7 Å². The normalized spacial score (nSPS) is 12.3. The lowest BCUT2D eigenvalue weighted by molar-refractivity contribution is -0.138. The van der Waals surface area contributed by atoms with Crippen LogP contribution in [0.5, 0.6) is 0 Å². The van der Waals surface area contributed by atoms with Gasteiger partial charge in [0.25, 0.3) is 10.0 Å². The van der Waals surface area contributed by atoms with Gasteiger partial charge in [0.1, 0.15) is 0 Å². The molecular formula is C15H9BrF3N3O4S. The predicted molar refractivity (Wildman–Crippen MR) is 95.1 cm³/mol. The molecule has 27 heavy (non-hydrogen) atoms. The van der Waals surface area contributed by atoms with Crippen molar-refractivity contribution in [2.75, 3.05) is 4.72 Å². The molecule has 0 aliphatic heterocycles. The number of aromatic amines is 2. The van der Waals surface area contributed by atoms with Crippen molar-refractivity contribution in [3.05, 3.63) is 67.1 Å². The van der Waals surface area contributed by atoms with Crippen LogP contribution in [-0.4, -0.2) is 18.4 Å². The van der Waals surface area contributed by atoms with Crippen LogP contribution in [0.15, 0.2) is 55.4 Å². The molecule has 0 spiro atoms. The van der Waals surface area contributed by atoms with Crippen molar-refractivity contribution in [2.45, 2.75) is 11.1 Å². The third kappa shape index (κ3) is 3.90. The highest BCUT2D eigenvalue weighted by atomic mass is 79.9. The number of anilines is 1. The van der Waals surface area contributed by atoms with E-state index in [1.165, 1.54) is 6.07 Å². The SMILES string of the molecule is O=c1[nH]c2ccc(S(=O)(=O)Nc3ccc(Br)c(C(F)(F)F)c3)cc2[nH]c1=O. The molecule has 7 nitrogen and oxygen atoms in total. The summed E-state index contributed by atoms with van der Waals surface area (Å²) in [6, 6.07) is 6.37. The lowest BCUT2D eigenvalue weighted by atomic mass is 10.2. The standard InChI is InChI=1S/C15H9BrF3N3O4S/c16-10-3-1-7(5-9(10)15(17,18)19)22-27(25,26)8-2-4-11-12(6-8)21-14(24)13(23)20-11/h1-6,22H,(H,20,23)(H,21,24). The Hall–Kier alpha value is -2.60. The maximum absolute atomic E-state index is 13.0. The quantitative estimate of drug-likeness (QED) is 0.518. The van der Waals surface area contributed by atoms with Crippen molar-refractivity contribution in [2.24, 2.45) is 0 Å². The van der Waals surface area contributed by atoms with E-state index in [-0.39, 0.29) is 26.1 Å². The van der Waals surface area contributed by atoms with Gasteiger partial charge in [-0.25, -0.2) is 8.42 Å². The highest BCUT2D eigenvalue weighted by molar-refractivity contribution is 9.10. The number of sulfonamides is 1. The van der Waals surface area contributed by atoms with Gasteiger partial charge in [0, 0.05) is 10.2 Å². The summed E-state index contributed by atoms with van der Waals surface area (Å²) in [6.07, 6.45) is -4.67. The van der Waals surface area contributed by atoms with Crippen LogP contribution in [0.2, 0.25) is 0 Å². The van der Waals surface area contributed by atoms with Crippen molar-refractivity contribution in [3.63, 3.8) is 0 Å². The van der Waals surface area contributed by atoms with Gasteiger partial charge in [-0.15, -0.1) is 0 Å². The van der Waals surface area contributed by atoms with Crippen LogP contribution in [0.1, 0.15) is 5.56 Å². The monoisotopic (exact) mass is 463 g/mol. The molecule has 0 unspecified atom stereocenters. The summed E-state index contributed by atoms with van der Waals surface area (Å²) in [4.78, 5) is 26.8. The van der Waals surface area contributed by atoms with Gasteiger partial charge in [-0.2, -0.15) is 13.2 Å². The van der Waals surface area contributed by atoms with E-state index in [0.29, 0.717) is 6.07 Å². The molecule has 0 bridgehead atoms. The van der Waals surface area contributed by atoms with Gasteiger partial charge >= 0.3 is 17.3 Å². The molecule has 142 valence electrons. The minimum absolute atomic E-state index is 0.0502. The van der Waals surface area contributed by atoms with Crippen molar-refractivity contribution in [3.8, 4) is 0 Å². The molecule has 0 saturated heterocycles. The summed E-state index contributed by atoms with van der Waals surface area (Å²) in [5.41, 5.74) is -2.95. The van der Waals surface area contributed by atoms with E-state index in [1.807, 2.05) is 0 Å². The maximum atomic E-state index is 13.0. The number of H-pyrrole nitrogens is 2. The van der Waals surface area contributed by atoms with Crippen LogP contribution in [0, 0.1) is 0 Å². The minimum Gasteiger partial charge on any atom is -0.316 e. The van der Waals surface area contributed by atoms with E-state index in [0.717, 1.165) is 24.3 Å². The number of rotatable bonds is 3. The Kier molecular flexibility index (Phi) is 4.64. The van der Waals surface area contributed by atoms with E-state index in [1.54, 1.807) is 0 Å². The number of hydrogen-bond acceptors (Lipinski definition) is 4. The molecule has 0 atom stereocenters. The fraction of sp³-hybridized carbons (Fsp3) is 0.0667. The van der Waals surface area contributed by atoms with Gasteiger partial charge in [0.05, 0.1) is 21.5 Å². The largest absolute Gasteiger partial charge is 0.417 e. The number of aromatic nitrogens is 2. The number of hydrogen-bond donors (Lipinski definition) is 3. The van der Waals surface area contributed by atoms with Gasteiger partial charge in [-0.3, -0.25) is 14.3 Å². The van der Waals surface area contributed by atoms with E-state index in [2.05, 4.69) is 30.6 Å². The average Bonchev–Trinajstić information content (AvgIpc) is 2.56. The van der Waals surface area contributed by atoms with Gasteiger partial charge in [-0.05, 0) is 36.4 Å². The lowest BCUT2D eigenvalue weighted by Crippen LogP contribution is -2.29. The second-order valence-electron chi connectivity index (χ2n) is 5.41. The average molecular weight is 464 g/mol. The third-order valence-corrected chi connectivity index (χ3v) is 5.60. The summed E-state index contributed by atoms with van der Waals surface area (Å²) in [6.45, 7) is 0. The van der Waals surface area contributed by atoms with Crippen molar-refractivity contribution in [1.29, 1.82) is 0 Å². The van der Waals surface area contributed by atoms with Crippen LogP contribution in [0.4, 0.5) is 18.9 Å². The molecule has 3 aromatic rings. The van der Waals surface area contributed by atoms with Crippen LogP contribution >= 0.6 is 15.9 Å². The first-order chi connectivity index (χ1) is 12.5. The molecule has 0 aliphatic carbocycles. The van der Waals surface area contributed by atoms with Gasteiger partial charge in [-0.1, -0.05) is 15.9 Å². The molecule has 0 amide bonds. The number of halogens is 4. The topological polar surface area (TPSA) is 112 Å². The highest BCUT2D eigenvalue weighted by Crippen LogP contribution is 2.36. The summed E-state index contributed by atoms with van der Waals surface area (Å²) in [5, 5.41) is 0. The van der Waals surface area contributed by atoms with Crippen molar-refractivity contribution in [1.82, 2.24) is 9.97 Å². The summed E-state index contributed by atoms with van der Waals surface area (Å²) in [7, 11) is -4.25. The summed E-state index contributed by atoms with van der Waals surface area (Å²) >= 11 is 2.77. The molecule has 3 N–H and O–H groups in total. The predicted octanol–water partition coefficient (Wildman–Crippen LogP) is 2.80. The zero-order valence-corrected chi connectivity index (χ0v) is 15.4. The third-order valence-electron chi connectivity index (χ3n) is 3.53. The molecule has 1 heterocycles. The molecule has 0 radical (unpaired) electrons. The van der Waals surface area contributed by atoms with Crippen LogP contribution in [0.3, 0.4) is 0 Å². The fourth-order valence-corrected chi connectivity index (χ4v) is 3.83. The Morgan fingerprint density at radius 1 is 0.926 bits per heavy atom. The molecule has 1 aromatic heterocycles. The molecule has 3 rings (SSSR count). The Bertz CT molecular complexity index is 1270. The first-order valence-electron chi connectivity index (χ1n) is 7.13. The Morgan fingerprint density at radius 2 is 1.56 bits per heavy atom. The smallest absolute Gasteiger partial charge is 0.316 e. The Balaban J connectivity index is 2.03. The lowest BCUT2D eigenvalue weighted by Gasteiger charge is -2.13. The Labute approximate surface area is 157 Å². The van der Waals surface area contributed by atoms with Crippen LogP contribution in [-0.2, 0) is 16.2 Å². The van der Waals surface area contributed by atoms with Crippen molar-refractivity contribution < 1.29 is 21.6 Å². The zero-order chi connectivity index (χ0) is 20.0. The van der Waals surface area contributed by atoms with E-state index in [4.69, 9.17) is 0 Å². The molecule has 0 aliphatic rings. The van der Waals surface area contributed by atoms with Crippen LogP contribution in [0.25, 0.3) is 11.0 Å². The maximum Gasteiger partial charge on any atom is 0.417 e. The molecular weight excluding hydrogens is 455 g/mol. The Morgan fingerprint density at radius 3 is 2.19 bits per heavy atom. The van der Waals surface area contributed by atoms with E-state index < -0.39 is 32.9 Å². The van der Waals surface area contributed by atoms with Gasteiger partial charge < -0.3 is 9.97 Å².